The Morgan fingerprint density at radius 1 is 1.43 bits per heavy atom. The van der Waals surface area contributed by atoms with Crippen LogP contribution in [0.5, 0.6) is 0 Å². The van der Waals surface area contributed by atoms with Crippen LogP contribution in [0.3, 0.4) is 0 Å². The summed E-state index contributed by atoms with van der Waals surface area (Å²) in [6, 6.07) is 5.03. The molecule has 1 aromatic rings. The average molecular weight is 201 g/mol. The highest BCUT2D eigenvalue weighted by molar-refractivity contribution is 5.21. The van der Waals surface area contributed by atoms with Gasteiger partial charge in [-0.1, -0.05) is 12.1 Å². The van der Waals surface area contributed by atoms with Gasteiger partial charge in [-0.2, -0.15) is 0 Å². The normalized spacial score (nSPS) is 17.5. The van der Waals surface area contributed by atoms with Crippen molar-refractivity contribution in [3.63, 3.8) is 0 Å². The highest BCUT2D eigenvalue weighted by Crippen LogP contribution is 2.28. The zero-order chi connectivity index (χ0) is 10.8. The average Bonchev–Trinajstić information content (AvgIpc) is 2.18. The largest absolute Gasteiger partial charge is 0.385 e. The van der Waals surface area contributed by atoms with Crippen molar-refractivity contribution in [1.29, 1.82) is 0 Å². The lowest BCUT2D eigenvalue weighted by molar-refractivity contribution is 0.00899. The molecule has 2 atom stereocenters. The Morgan fingerprint density at radius 2 is 1.93 bits per heavy atom. The van der Waals surface area contributed by atoms with Crippen LogP contribution in [0.25, 0.3) is 0 Å². The SMILES string of the molecule is C[C@@](F)(CN)[C@@H](O)c1ccc(F)cc1. The molecule has 78 valence electrons. The van der Waals surface area contributed by atoms with E-state index < -0.39 is 17.6 Å². The third kappa shape index (κ3) is 2.27. The molecule has 0 aromatic heterocycles. The number of aliphatic hydroxyl groups is 1. The van der Waals surface area contributed by atoms with E-state index in [4.69, 9.17) is 5.73 Å². The predicted molar refractivity (Wildman–Crippen MR) is 49.9 cm³/mol. The molecule has 0 spiro atoms. The van der Waals surface area contributed by atoms with E-state index in [9.17, 15) is 13.9 Å². The maximum atomic E-state index is 13.5. The molecular weight excluding hydrogens is 188 g/mol. The first-order valence-electron chi connectivity index (χ1n) is 4.30. The van der Waals surface area contributed by atoms with Crippen LogP contribution >= 0.6 is 0 Å². The molecule has 0 saturated carbocycles. The second kappa shape index (κ2) is 4.02. The van der Waals surface area contributed by atoms with Crippen LogP contribution in [0, 0.1) is 5.82 Å². The predicted octanol–water partition coefficient (Wildman–Crippen LogP) is 1.55. The summed E-state index contributed by atoms with van der Waals surface area (Å²) in [5, 5.41) is 9.56. The van der Waals surface area contributed by atoms with Crippen molar-refractivity contribution >= 4 is 0 Å². The van der Waals surface area contributed by atoms with E-state index in [0.717, 1.165) is 0 Å². The molecular formula is C10H13F2NO. The van der Waals surface area contributed by atoms with Gasteiger partial charge in [-0.3, -0.25) is 0 Å². The van der Waals surface area contributed by atoms with Crippen molar-refractivity contribution < 1.29 is 13.9 Å². The van der Waals surface area contributed by atoms with Crippen LogP contribution < -0.4 is 5.73 Å². The zero-order valence-corrected chi connectivity index (χ0v) is 7.87. The van der Waals surface area contributed by atoms with Gasteiger partial charge in [-0.15, -0.1) is 0 Å². The van der Waals surface area contributed by atoms with Crippen molar-refractivity contribution in [1.82, 2.24) is 0 Å². The number of halogens is 2. The molecule has 0 radical (unpaired) electrons. The van der Waals surface area contributed by atoms with Crippen LogP contribution in [-0.4, -0.2) is 17.3 Å². The molecule has 0 fully saturated rings. The molecule has 0 aliphatic rings. The van der Waals surface area contributed by atoms with E-state index in [1.54, 1.807) is 0 Å². The smallest absolute Gasteiger partial charge is 0.150 e. The number of hydrogen-bond acceptors (Lipinski definition) is 2. The first-order valence-corrected chi connectivity index (χ1v) is 4.30. The second-order valence-corrected chi connectivity index (χ2v) is 3.44. The molecule has 3 N–H and O–H groups in total. The Bertz CT molecular complexity index is 297. The number of benzene rings is 1. The molecule has 2 nitrogen and oxygen atoms in total. The molecule has 1 rings (SSSR count). The van der Waals surface area contributed by atoms with Crippen molar-refractivity contribution in [2.45, 2.75) is 18.7 Å². The van der Waals surface area contributed by atoms with E-state index >= 15 is 0 Å². The van der Waals surface area contributed by atoms with E-state index in [1.807, 2.05) is 0 Å². The van der Waals surface area contributed by atoms with Crippen LogP contribution in [0.2, 0.25) is 0 Å². The van der Waals surface area contributed by atoms with E-state index in [2.05, 4.69) is 0 Å². The van der Waals surface area contributed by atoms with Crippen LogP contribution in [0.4, 0.5) is 8.78 Å². The quantitative estimate of drug-likeness (QED) is 0.779. The lowest BCUT2D eigenvalue weighted by Gasteiger charge is -2.24. The number of aliphatic hydroxyl groups excluding tert-OH is 1. The Kier molecular flexibility index (Phi) is 3.18. The van der Waals surface area contributed by atoms with Gasteiger partial charge in [0.05, 0.1) is 0 Å². The summed E-state index contributed by atoms with van der Waals surface area (Å²) in [4.78, 5) is 0. The molecule has 0 unspecified atom stereocenters. The van der Waals surface area contributed by atoms with Gasteiger partial charge in [0, 0.05) is 6.54 Å². The van der Waals surface area contributed by atoms with Gasteiger partial charge >= 0.3 is 0 Å². The lowest BCUT2D eigenvalue weighted by atomic mass is 9.95. The fraction of sp³-hybridized carbons (Fsp3) is 0.400. The molecule has 0 saturated heterocycles. The van der Waals surface area contributed by atoms with Gasteiger partial charge in [-0.05, 0) is 24.6 Å². The van der Waals surface area contributed by atoms with E-state index in [1.165, 1.54) is 31.2 Å². The number of hydrogen-bond donors (Lipinski definition) is 2. The summed E-state index contributed by atoms with van der Waals surface area (Å²) in [5.41, 5.74) is 3.60. The highest BCUT2D eigenvalue weighted by atomic mass is 19.1. The molecule has 4 heteroatoms. The second-order valence-electron chi connectivity index (χ2n) is 3.44. The Labute approximate surface area is 81.4 Å². The number of alkyl halides is 1. The van der Waals surface area contributed by atoms with Gasteiger partial charge < -0.3 is 10.8 Å². The van der Waals surface area contributed by atoms with Crippen LogP contribution in [-0.2, 0) is 0 Å². The van der Waals surface area contributed by atoms with E-state index in [-0.39, 0.29) is 6.54 Å². The van der Waals surface area contributed by atoms with Crippen molar-refractivity contribution in [2.75, 3.05) is 6.54 Å². The summed E-state index contributed by atoms with van der Waals surface area (Å²) in [7, 11) is 0. The zero-order valence-electron chi connectivity index (χ0n) is 7.87. The topological polar surface area (TPSA) is 46.2 Å². The molecule has 0 heterocycles. The van der Waals surface area contributed by atoms with Crippen LogP contribution in [0.1, 0.15) is 18.6 Å². The molecule has 0 aliphatic heterocycles. The van der Waals surface area contributed by atoms with Gasteiger partial charge in [0.15, 0.2) is 0 Å². The maximum Gasteiger partial charge on any atom is 0.150 e. The summed E-state index contributed by atoms with van der Waals surface area (Å²) in [6.07, 6.45) is -1.33. The molecule has 14 heavy (non-hydrogen) atoms. The van der Waals surface area contributed by atoms with Gasteiger partial charge in [0.2, 0.25) is 0 Å². The third-order valence-corrected chi connectivity index (χ3v) is 2.16. The summed E-state index contributed by atoms with van der Waals surface area (Å²) in [5.74, 6) is -0.422. The van der Waals surface area contributed by atoms with Gasteiger partial charge in [0.25, 0.3) is 0 Å². The lowest BCUT2D eigenvalue weighted by Crippen LogP contribution is -2.36. The molecule has 0 amide bonds. The van der Waals surface area contributed by atoms with Gasteiger partial charge in [0.1, 0.15) is 17.6 Å². The number of nitrogens with two attached hydrogens (primary N) is 1. The minimum absolute atomic E-state index is 0.286. The Balaban J connectivity index is 2.89. The maximum absolute atomic E-state index is 13.5. The molecule has 0 bridgehead atoms. The minimum Gasteiger partial charge on any atom is -0.385 e. The first-order chi connectivity index (χ1) is 6.47. The monoisotopic (exact) mass is 201 g/mol. The third-order valence-electron chi connectivity index (χ3n) is 2.16. The van der Waals surface area contributed by atoms with Crippen LogP contribution in [0.15, 0.2) is 24.3 Å². The minimum atomic E-state index is -1.89. The Hall–Kier alpha value is -1.00. The standard InChI is InChI=1S/C10H13F2NO/c1-10(12,6-13)9(14)7-2-4-8(11)5-3-7/h2-5,9,14H,6,13H2,1H3/t9-,10+/m0/s1. The van der Waals surface area contributed by atoms with Crippen molar-refractivity contribution in [3.05, 3.63) is 35.6 Å². The van der Waals surface area contributed by atoms with Crippen molar-refractivity contribution in [3.8, 4) is 0 Å². The fourth-order valence-corrected chi connectivity index (χ4v) is 1.10. The summed E-state index contributed by atoms with van der Waals surface area (Å²) in [6.45, 7) is 0.923. The molecule has 1 aromatic carbocycles. The Morgan fingerprint density at radius 3 is 2.36 bits per heavy atom. The number of rotatable bonds is 3. The van der Waals surface area contributed by atoms with Crippen molar-refractivity contribution in [2.24, 2.45) is 5.73 Å². The first kappa shape index (κ1) is 11.1. The summed E-state index contributed by atoms with van der Waals surface area (Å²) < 4.78 is 26.1. The molecule has 0 aliphatic carbocycles. The summed E-state index contributed by atoms with van der Waals surface area (Å²) >= 11 is 0. The highest BCUT2D eigenvalue weighted by Gasteiger charge is 2.32. The van der Waals surface area contributed by atoms with Gasteiger partial charge in [-0.25, -0.2) is 8.78 Å². The van der Waals surface area contributed by atoms with E-state index in [0.29, 0.717) is 5.56 Å². The fourth-order valence-electron chi connectivity index (χ4n) is 1.10.